The Bertz CT molecular complexity index is 1020. The predicted octanol–water partition coefficient (Wildman–Crippen LogP) is 3.95. The van der Waals surface area contributed by atoms with Crippen LogP contribution in [0.1, 0.15) is 19.9 Å². The van der Waals surface area contributed by atoms with Crippen LogP contribution in [0.2, 0.25) is 0 Å². The lowest BCUT2D eigenvalue weighted by atomic mass is 10.2. The van der Waals surface area contributed by atoms with Gasteiger partial charge in [-0.2, -0.15) is 16.3 Å². The summed E-state index contributed by atoms with van der Waals surface area (Å²) in [6.45, 7) is 3.88. The summed E-state index contributed by atoms with van der Waals surface area (Å²) >= 11 is 1.57. The van der Waals surface area contributed by atoms with Crippen LogP contribution in [-0.2, 0) is 0 Å². The summed E-state index contributed by atoms with van der Waals surface area (Å²) in [6.07, 6.45) is 0. The summed E-state index contributed by atoms with van der Waals surface area (Å²) in [4.78, 5) is 16.3. The molecule has 0 saturated carbocycles. The summed E-state index contributed by atoms with van der Waals surface area (Å²) < 4.78 is 12.2. The standard InChI is InChI=1S/C16H13N3O3S/c1-9(2)19-12-4-3-10(7-13(12)21-16(19)20)14-17-15(22-18-14)11-5-6-23-8-11/h3-9H,1-2H3. The van der Waals surface area contributed by atoms with E-state index in [1.54, 1.807) is 22.0 Å². The van der Waals surface area contributed by atoms with Crippen LogP contribution >= 0.6 is 11.3 Å². The molecule has 0 amide bonds. The van der Waals surface area contributed by atoms with Crippen LogP contribution in [0.25, 0.3) is 33.9 Å². The third kappa shape index (κ3) is 2.29. The first-order valence-corrected chi connectivity index (χ1v) is 8.09. The topological polar surface area (TPSA) is 74.1 Å². The van der Waals surface area contributed by atoms with Gasteiger partial charge in [-0.15, -0.1) is 0 Å². The van der Waals surface area contributed by atoms with Crippen molar-refractivity contribution < 1.29 is 8.94 Å². The number of hydrogen-bond donors (Lipinski definition) is 0. The minimum Gasteiger partial charge on any atom is -0.408 e. The zero-order valence-corrected chi connectivity index (χ0v) is 13.3. The molecular weight excluding hydrogens is 314 g/mol. The molecular formula is C16H13N3O3S. The lowest BCUT2D eigenvalue weighted by Crippen LogP contribution is -2.15. The van der Waals surface area contributed by atoms with Gasteiger partial charge in [0.25, 0.3) is 5.89 Å². The molecule has 116 valence electrons. The van der Waals surface area contributed by atoms with Crippen LogP contribution in [-0.4, -0.2) is 14.7 Å². The molecule has 0 aliphatic carbocycles. The van der Waals surface area contributed by atoms with Gasteiger partial charge in [-0.05, 0) is 43.5 Å². The van der Waals surface area contributed by atoms with Crippen molar-refractivity contribution in [2.24, 2.45) is 0 Å². The van der Waals surface area contributed by atoms with Crippen molar-refractivity contribution in [3.63, 3.8) is 0 Å². The number of rotatable bonds is 3. The molecule has 3 aromatic heterocycles. The summed E-state index contributed by atoms with van der Waals surface area (Å²) in [5.74, 6) is 0.579. The third-order valence-corrected chi connectivity index (χ3v) is 4.27. The van der Waals surface area contributed by atoms with Crippen molar-refractivity contribution in [2.75, 3.05) is 0 Å². The zero-order chi connectivity index (χ0) is 16.0. The summed E-state index contributed by atoms with van der Waals surface area (Å²) in [5, 5.41) is 7.91. The average molecular weight is 327 g/mol. The molecule has 7 heteroatoms. The van der Waals surface area contributed by atoms with E-state index in [1.807, 2.05) is 42.8 Å². The van der Waals surface area contributed by atoms with Gasteiger partial charge >= 0.3 is 5.76 Å². The van der Waals surface area contributed by atoms with Crippen LogP contribution in [0.5, 0.6) is 0 Å². The number of fused-ring (bicyclic) bond motifs is 1. The highest BCUT2D eigenvalue weighted by molar-refractivity contribution is 7.08. The monoisotopic (exact) mass is 327 g/mol. The lowest BCUT2D eigenvalue weighted by Gasteiger charge is -2.04. The van der Waals surface area contributed by atoms with Crippen LogP contribution in [0.15, 0.2) is 48.8 Å². The van der Waals surface area contributed by atoms with Gasteiger partial charge in [-0.3, -0.25) is 4.57 Å². The Morgan fingerprint density at radius 1 is 1.22 bits per heavy atom. The highest BCUT2D eigenvalue weighted by atomic mass is 32.1. The van der Waals surface area contributed by atoms with E-state index in [-0.39, 0.29) is 11.8 Å². The first-order chi connectivity index (χ1) is 11.1. The molecule has 0 bridgehead atoms. The maximum absolute atomic E-state index is 11.9. The van der Waals surface area contributed by atoms with Crippen molar-refractivity contribution in [3.05, 3.63) is 45.6 Å². The SMILES string of the molecule is CC(C)n1c(=O)oc2cc(-c3noc(-c4ccsc4)n3)ccc21. The van der Waals surface area contributed by atoms with E-state index in [2.05, 4.69) is 10.1 Å². The summed E-state index contributed by atoms with van der Waals surface area (Å²) in [5.41, 5.74) is 2.91. The highest BCUT2D eigenvalue weighted by Gasteiger charge is 2.15. The fourth-order valence-electron chi connectivity index (χ4n) is 2.51. The average Bonchev–Trinajstić information content (AvgIpc) is 3.24. The molecule has 4 rings (SSSR count). The number of nitrogens with zero attached hydrogens (tertiary/aromatic N) is 3. The van der Waals surface area contributed by atoms with Crippen LogP contribution < -0.4 is 5.76 Å². The Morgan fingerprint density at radius 3 is 2.83 bits per heavy atom. The molecule has 0 aliphatic rings. The molecule has 0 radical (unpaired) electrons. The first-order valence-electron chi connectivity index (χ1n) is 7.15. The second-order valence-corrected chi connectivity index (χ2v) is 6.23. The fourth-order valence-corrected chi connectivity index (χ4v) is 3.14. The van der Waals surface area contributed by atoms with Gasteiger partial charge in [0.05, 0.1) is 11.1 Å². The minimum absolute atomic E-state index is 0.0324. The molecule has 6 nitrogen and oxygen atoms in total. The largest absolute Gasteiger partial charge is 0.420 e. The van der Waals surface area contributed by atoms with E-state index < -0.39 is 0 Å². The Labute approximate surface area is 135 Å². The Morgan fingerprint density at radius 2 is 2.09 bits per heavy atom. The normalized spacial score (nSPS) is 11.6. The van der Waals surface area contributed by atoms with E-state index in [0.29, 0.717) is 17.3 Å². The second kappa shape index (κ2) is 5.20. The van der Waals surface area contributed by atoms with E-state index in [9.17, 15) is 4.79 Å². The van der Waals surface area contributed by atoms with Crippen LogP contribution in [0.3, 0.4) is 0 Å². The Kier molecular flexibility index (Phi) is 3.16. The number of oxazole rings is 1. The summed E-state index contributed by atoms with van der Waals surface area (Å²) in [7, 11) is 0. The van der Waals surface area contributed by atoms with Crippen molar-refractivity contribution in [1.29, 1.82) is 0 Å². The van der Waals surface area contributed by atoms with Crippen molar-refractivity contribution in [1.82, 2.24) is 14.7 Å². The maximum atomic E-state index is 11.9. The van der Waals surface area contributed by atoms with Crippen molar-refractivity contribution in [3.8, 4) is 22.8 Å². The van der Waals surface area contributed by atoms with E-state index in [0.717, 1.165) is 16.6 Å². The lowest BCUT2D eigenvalue weighted by molar-refractivity contribution is 0.432. The molecule has 1 aromatic carbocycles. The molecule has 0 fully saturated rings. The number of benzene rings is 1. The van der Waals surface area contributed by atoms with E-state index in [1.165, 1.54) is 0 Å². The smallest absolute Gasteiger partial charge is 0.408 e. The molecule has 0 N–H and O–H groups in total. The highest BCUT2D eigenvalue weighted by Crippen LogP contribution is 2.26. The molecule has 23 heavy (non-hydrogen) atoms. The van der Waals surface area contributed by atoms with Gasteiger partial charge in [-0.1, -0.05) is 5.16 Å². The fraction of sp³-hybridized carbons (Fsp3) is 0.188. The molecule has 4 aromatic rings. The number of thiophene rings is 1. The summed E-state index contributed by atoms with van der Waals surface area (Å²) in [6, 6.07) is 7.42. The van der Waals surface area contributed by atoms with Crippen molar-refractivity contribution in [2.45, 2.75) is 19.9 Å². The third-order valence-electron chi connectivity index (χ3n) is 3.58. The second-order valence-electron chi connectivity index (χ2n) is 5.45. The number of hydrogen-bond acceptors (Lipinski definition) is 6. The van der Waals surface area contributed by atoms with E-state index in [4.69, 9.17) is 8.94 Å². The molecule has 0 unspecified atom stereocenters. The van der Waals surface area contributed by atoms with Gasteiger partial charge in [0, 0.05) is 17.0 Å². The predicted molar refractivity (Wildman–Crippen MR) is 87.5 cm³/mol. The van der Waals surface area contributed by atoms with Gasteiger partial charge in [0.15, 0.2) is 5.58 Å². The molecule has 0 aliphatic heterocycles. The minimum atomic E-state index is -0.362. The van der Waals surface area contributed by atoms with Gasteiger partial charge in [0.1, 0.15) is 0 Å². The van der Waals surface area contributed by atoms with Crippen LogP contribution in [0.4, 0.5) is 0 Å². The van der Waals surface area contributed by atoms with E-state index >= 15 is 0 Å². The van der Waals surface area contributed by atoms with Gasteiger partial charge in [-0.25, -0.2) is 4.79 Å². The molecule has 0 saturated heterocycles. The zero-order valence-electron chi connectivity index (χ0n) is 12.5. The molecule has 3 heterocycles. The van der Waals surface area contributed by atoms with Gasteiger partial charge < -0.3 is 8.94 Å². The van der Waals surface area contributed by atoms with Gasteiger partial charge in [0.2, 0.25) is 5.82 Å². The molecule has 0 atom stereocenters. The Hall–Kier alpha value is -2.67. The first kappa shape index (κ1) is 14.0. The number of aromatic nitrogens is 3. The quantitative estimate of drug-likeness (QED) is 0.569. The van der Waals surface area contributed by atoms with Crippen molar-refractivity contribution >= 4 is 22.4 Å². The molecule has 0 spiro atoms. The maximum Gasteiger partial charge on any atom is 0.420 e. The Balaban J connectivity index is 1.80. The van der Waals surface area contributed by atoms with Crippen LogP contribution in [0, 0.1) is 0 Å².